The first kappa shape index (κ1) is 28.3. The van der Waals surface area contributed by atoms with Crippen molar-refractivity contribution in [1.29, 1.82) is 0 Å². The second kappa shape index (κ2) is 12.4. The molecule has 11 nitrogen and oxygen atoms in total. The van der Waals surface area contributed by atoms with Crippen molar-refractivity contribution in [1.82, 2.24) is 5.32 Å². The van der Waals surface area contributed by atoms with Crippen molar-refractivity contribution in [3.8, 4) is 17.2 Å². The van der Waals surface area contributed by atoms with Gasteiger partial charge in [-0.2, -0.15) is 0 Å². The Morgan fingerprint density at radius 2 is 1.62 bits per heavy atom. The van der Waals surface area contributed by atoms with Crippen molar-refractivity contribution < 1.29 is 33.5 Å². The molecule has 4 rings (SSSR count). The second-order valence-electron chi connectivity index (χ2n) is 8.35. The van der Waals surface area contributed by atoms with Crippen molar-refractivity contribution in [2.24, 2.45) is 0 Å². The van der Waals surface area contributed by atoms with Gasteiger partial charge in [0.25, 0.3) is 17.5 Å². The predicted molar refractivity (Wildman–Crippen MR) is 149 cm³/mol. The van der Waals surface area contributed by atoms with Gasteiger partial charge in [-0.25, -0.2) is 9.69 Å². The maximum atomic E-state index is 13.6. The first-order chi connectivity index (χ1) is 19.2. The number of urea groups is 1. The summed E-state index contributed by atoms with van der Waals surface area (Å²) >= 11 is 3.39. The first-order valence-corrected chi connectivity index (χ1v) is 13.0. The summed E-state index contributed by atoms with van der Waals surface area (Å²) in [6.07, 6.45) is 1.33. The monoisotopic (exact) mass is 609 g/mol. The summed E-state index contributed by atoms with van der Waals surface area (Å²) in [5.74, 6) is -0.710. The predicted octanol–water partition coefficient (Wildman–Crippen LogP) is 5.40. The van der Waals surface area contributed by atoms with E-state index in [9.17, 15) is 24.5 Å². The van der Waals surface area contributed by atoms with Gasteiger partial charge >= 0.3 is 6.03 Å². The molecule has 0 unspecified atom stereocenters. The van der Waals surface area contributed by atoms with Crippen LogP contribution in [0.2, 0.25) is 0 Å². The number of hydrogen-bond donors (Lipinski definition) is 1. The van der Waals surface area contributed by atoms with Crippen LogP contribution >= 0.6 is 15.9 Å². The van der Waals surface area contributed by atoms with Gasteiger partial charge in [0.1, 0.15) is 29.4 Å². The van der Waals surface area contributed by atoms with Gasteiger partial charge in [0.05, 0.1) is 23.8 Å². The first-order valence-electron chi connectivity index (χ1n) is 12.2. The van der Waals surface area contributed by atoms with Crippen molar-refractivity contribution >= 4 is 51.2 Å². The van der Waals surface area contributed by atoms with Gasteiger partial charge in [0, 0.05) is 28.2 Å². The third-order valence-corrected chi connectivity index (χ3v) is 6.19. The van der Waals surface area contributed by atoms with Crippen LogP contribution in [-0.2, 0) is 16.2 Å². The number of imide groups is 2. The summed E-state index contributed by atoms with van der Waals surface area (Å²) in [7, 11) is 0. The van der Waals surface area contributed by atoms with Crippen molar-refractivity contribution in [3.63, 3.8) is 0 Å². The molecule has 0 atom stereocenters. The highest BCUT2D eigenvalue weighted by Crippen LogP contribution is 2.35. The molecule has 1 fully saturated rings. The maximum absolute atomic E-state index is 13.6. The molecule has 12 heteroatoms. The Kier molecular flexibility index (Phi) is 8.80. The Balaban J connectivity index is 1.68. The number of carbonyl (C=O) groups is 3. The van der Waals surface area contributed by atoms with Crippen molar-refractivity contribution in [2.45, 2.75) is 20.5 Å². The zero-order valence-electron chi connectivity index (χ0n) is 21.5. The van der Waals surface area contributed by atoms with Crippen molar-refractivity contribution in [3.05, 3.63) is 92.0 Å². The Bertz CT molecular complexity index is 1500. The molecule has 1 heterocycles. The topological polar surface area (TPSA) is 137 Å². The molecule has 3 aromatic carbocycles. The van der Waals surface area contributed by atoms with Gasteiger partial charge in [-0.1, -0.05) is 15.9 Å². The van der Waals surface area contributed by atoms with Crippen LogP contribution in [-0.4, -0.2) is 36.0 Å². The number of benzene rings is 3. The molecular formula is C28H24BrN3O8. The third kappa shape index (κ3) is 6.29. The van der Waals surface area contributed by atoms with Crippen LogP contribution in [0, 0.1) is 10.1 Å². The van der Waals surface area contributed by atoms with Gasteiger partial charge in [-0.3, -0.25) is 25.0 Å². The number of anilines is 1. The van der Waals surface area contributed by atoms with E-state index in [2.05, 4.69) is 21.2 Å². The lowest BCUT2D eigenvalue weighted by molar-refractivity contribution is -0.384. The number of nitrogens with zero attached hydrogens (tertiary/aromatic N) is 2. The number of rotatable bonds is 10. The quantitative estimate of drug-likeness (QED) is 0.140. The smallest absolute Gasteiger partial charge is 0.336 e. The number of nitro groups is 1. The molecule has 206 valence electrons. The lowest BCUT2D eigenvalue weighted by Gasteiger charge is -2.28. The molecular weight excluding hydrogens is 586 g/mol. The van der Waals surface area contributed by atoms with E-state index < -0.39 is 22.8 Å². The average Bonchev–Trinajstić information content (AvgIpc) is 2.92. The maximum Gasteiger partial charge on any atom is 0.336 e. The van der Waals surface area contributed by atoms with E-state index >= 15 is 0 Å². The standard InChI is InChI=1S/C28H24BrN3O8/c1-3-38-21-10-12-25(39-4-2)23(15-21)31-27(34)22(26(33)30-28(31)35)14-18-13-19(29)7-11-24(18)40-16-17-5-8-20(9-6-17)32(36)37/h5-15H,3-4,16H2,1-2H3,(H,30,33,35)/b22-14+. The Morgan fingerprint density at radius 3 is 2.30 bits per heavy atom. The Morgan fingerprint density at radius 1 is 0.925 bits per heavy atom. The molecule has 1 aliphatic rings. The number of carbonyl (C=O) groups excluding carboxylic acids is 3. The fraction of sp³-hybridized carbons (Fsp3) is 0.179. The molecule has 0 bridgehead atoms. The third-order valence-electron chi connectivity index (χ3n) is 5.70. The highest BCUT2D eigenvalue weighted by atomic mass is 79.9. The van der Waals surface area contributed by atoms with E-state index in [1.54, 1.807) is 56.3 Å². The Hall–Kier alpha value is -4.71. The van der Waals surface area contributed by atoms with Crippen LogP contribution in [0.4, 0.5) is 16.2 Å². The fourth-order valence-corrected chi connectivity index (χ4v) is 4.26. The van der Waals surface area contributed by atoms with Crippen LogP contribution in [0.25, 0.3) is 6.08 Å². The zero-order chi connectivity index (χ0) is 28.8. The Labute approximate surface area is 237 Å². The molecule has 1 saturated heterocycles. The van der Waals surface area contributed by atoms with Crippen LogP contribution in [0.15, 0.2) is 70.7 Å². The minimum absolute atomic E-state index is 0.0435. The molecule has 0 aromatic heterocycles. The molecule has 4 amide bonds. The van der Waals surface area contributed by atoms with Gasteiger partial charge in [0.15, 0.2) is 0 Å². The number of ether oxygens (including phenoxy) is 3. The van der Waals surface area contributed by atoms with Gasteiger partial charge in [-0.15, -0.1) is 0 Å². The number of nitrogens with one attached hydrogen (secondary N) is 1. The SMILES string of the molecule is CCOc1ccc(OCC)c(N2C(=O)NC(=O)/C(=C\c3cc(Br)ccc3OCc3ccc([N+](=O)[O-])cc3)C2=O)c1. The molecule has 0 saturated carbocycles. The van der Waals surface area contributed by atoms with E-state index in [0.29, 0.717) is 33.7 Å². The van der Waals surface area contributed by atoms with E-state index in [0.717, 1.165) is 4.90 Å². The summed E-state index contributed by atoms with van der Waals surface area (Å²) in [5, 5.41) is 13.1. The number of non-ortho nitro benzene ring substituents is 1. The van der Waals surface area contributed by atoms with Gasteiger partial charge in [0.2, 0.25) is 0 Å². The van der Waals surface area contributed by atoms with E-state index in [1.165, 1.54) is 24.3 Å². The highest BCUT2D eigenvalue weighted by Gasteiger charge is 2.38. The largest absolute Gasteiger partial charge is 0.494 e. The lowest BCUT2D eigenvalue weighted by atomic mass is 10.1. The normalized spacial score (nSPS) is 14.2. The highest BCUT2D eigenvalue weighted by molar-refractivity contribution is 9.10. The summed E-state index contributed by atoms with van der Waals surface area (Å²) < 4.78 is 17.7. The van der Waals surface area contributed by atoms with Crippen LogP contribution in [0.1, 0.15) is 25.0 Å². The molecule has 1 aliphatic heterocycles. The minimum Gasteiger partial charge on any atom is -0.494 e. The van der Waals surface area contributed by atoms with Crippen molar-refractivity contribution in [2.75, 3.05) is 18.1 Å². The summed E-state index contributed by atoms with van der Waals surface area (Å²) in [4.78, 5) is 50.5. The number of halogens is 1. The number of amides is 4. The average molecular weight is 610 g/mol. The molecule has 0 aliphatic carbocycles. The van der Waals surface area contributed by atoms with E-state index in [4.69, 9.17) is 14.2 Å². The number of hydrogen-bond acceptors (Lipinski definition) is 8. The van der Waals surface area contributed by atoms with E-state index in [-0.39, 0.29) is 35.9 Å². The molecule has 1 N–H and O–H groups in total. The summed E-state index contributed by atoms with van der Waals surface area (Å²) in [6, 6.07) is 14.7. The number of nitro benzene ring substituents is 1. The van der Waals surface area contributed by atoms with Gasteiger partial charge in [-0.05, 0) is 68.0 Å². The van der Waals surface area contributed by atoms with Crippen LogP contribution in [0.5, 0.6) is 17.2 Å². The fourth-order valence-electron chi connectivity index (χ4n) is 3.88. The molecule has 0 spiro atoms. The summed E-state index contributed by atoms with van der Waals surface area (Å²) in [5.41, 5.74) is 0.836. The number of barbiturate groups is 1. The lowest BCUT2D eigenvalue weighted by Crippen LogP contribution is -2.54. The minimum atomic E-state index is -0.925. The summed E-state index contributed by atoms with van der Waals surface area (Å²) in [6.45, 7) is 4.28. The van der Waals surface area contributed by atoms with Crippen LogP contribution < -0.4 is 24.4 Å². The second-order valence-corrected chi connectivity index (χ2v) is 9.26. The molecule has 0 radical (unpaired) electrons. The molecule has 3 aromatic rings. The van der Waals surface area contributed by atoms with E-state index in [1.807, 2.05) is 0 Å². The molecule has 40 heavy (non-hydrogen) atoms. The van der Waals surface area contributed by atoms with Gasteiger partial charge < -0.3 is 14.2 Å². The van der Waals surface area contributed by atoms with Crippen LogP contribution in [0.3, 0.4) is 0 Å². The zero-order valence-corrected chi connectivity index (χ0v) is 23.1.